The van der Waals surface area contributed by atoms with Crippen molar-refractivity contribution < 1.29 is 26.7 Å². The van der Waals surface area contributed by atoms with Gasteiger partial charge in [-0.25, -0.2) is 22.3 Å². The van der Waals surface area contributed by atoms with E-state index >= 15 is 0 Å². The zero-order valence-corrected chi connectivity index (χ0v) is 20.2. The fraction of sp³-hybridized carbons (Fsp3) is 0.143. The van der Waals surface area contributed by atoms with Gasteiger partial charge in [0, 0.05) is 25.1 Å². The van der Waals surface area contributed by atoms with E-state index in [-0.39, 0.29) is 11.6 Å². The Kier molecular flexibility index (Phi) is 6.77. The van der Waals surface area contributed by atoms with Crippen molar-refractivity contribution in [1.29, 1.82) is 0 Å². The molecule has 0 fully saturated rings. The van der Waals surface area contributed by atoms with Crippen molar-refractivity contribution in [3.63, 3.8) is 0 Å². The number of carbonyl (C=O) groups is 1. The lowest BCUT2D eigenvalue weighted by molar-refractivity contribution is -0.131. The Hall–Kier alpha value is -3.88. The molecule has 14 heteroatoms. The molecule has 0 saturated carbocycles. The number of anilines is 3. The number of esters is 1. The van der Waals surface area contributed by atoms with Gasteiger partial charge in [0.25, 0.3) is 11.3 Å². The fourth-order valence-corrected chi connectivity index (χ4v) is 4.96. The maximum Gasteiger partial charge on any atom is 0.308 e. The quantitative estimate of drug-likeness (QED) is 0.202. The number of hydrogen-bond donors (Lipinski definition) is 2. The molecule has 2 N–H and O–H groups in total. The van der Waals surface area contributed by atoms with Gasteiger partial charge < -0.3 is 10.1 Å². The highest BCUT2D eigenvalue weighted by Gasteiger charge is 2.18. The van der Waals surface area contributed by atoms with Crippen LogP contribution in [0.4, 0.5) is 17.3 Å². The maximum absolute atomic E-state index is 11.6. The standard InChI is InChI=1S/C21H20N6O6S2/c1-14(28)33-19-9-7-18(8-10-19)27-20-15(12-23-27)11-22-21(25-20)24-16-3-5-17(6-4-16)26(34(29)30)13-35(2,31)32/h3-12H,13H2,1-2H3,(H,29,30)(H,22,24,25). The van der Waals surface area contributed by atoms with Gasteiger partial charge in [0.2, 0.25) is 5.95 Å². The second-order valence-corrected chi connectivity index (χ2v) is 10.5. The number of fused-ring (bicyclic) bond motifs is 1. The normalized spacial score (nSPS) is 12.3. The first kappa shape index (κ1) is 24.3. The highest BCUT2D eigenvalue weighted by Crippen LogP contribution is 2.23. The molecule has 0 bridgehead atoms. The van der Waals surface area contributed by atoms with Crippen LogP contribution in [0.25, 0.3) is 16.7 Å². The summed E-state index contributed by atoms with van der Waals surface area (Å²) in [4.78, 5) is 19.9. The summed E-state index contributed by atoms with van der Waals surface area (Å²) < 4.78 is 51.7. The molecule has 1 atom stereocenters. The molecule has 182 valence electrons. The molecule has 4 aromatic rings. The first-order valence-corrected chi connectivity index (χ1v) is 13.1. The van der Waals surface area contributed by atoms with Crippen LogP contribution in [0.5, 0.6) is 5.75 Å². The number of carbonyl (C=O) groups excluding carboxylic acids is 1. The molecule has 35 heavy (non-hydrogen) atoms. The average molecular weight is 517 g/mol. The van der Waals surface area contributed by atoms with Crippen LogP contribution in [0, 0.1) is 0 Å². The van der Waals surface area contributed by atoms with Crippen LogP contribution >= 0.6 is 0 Å². The molecule has 4 rings (SSSR count). The molecule has 2 aromatic carbocycles. The summed E-state index contributed by atoms with van der Waals surface area (Å²) in [6, 6.07) is 13.0. The van der Waals surface area contributed by atoms with Crippen molar-refractivity contribution in [2.75, 3.05) is 21.8 Å². The van der Waals surface area contributed by atoms with E-state index in [0.29, 0.717) is 28.2 Å². The number of sulfone groups is 1. The maximum atomic E-state index is 11.6. The Morgan fingerprint density at radius 1 is 1.14 bits per heavy atom. The van der Waals surface area contributed by atoms with Crippen LogP contribution < -0.4 is 14.4 Å². The van der Waals surface area contributed by atoms with E-state index in [4.69, 9.17) is 4.74 Å². The van der Waals surface area contributed by atoms with Crippen LogP contribution in [0.2, 0.25) is 0 Å². The summed E-state index contributed by atoms with van der Waals surface area (Å²) in [5.41, 5.74) is 2.07. The molecule has 2 aromatic heterocycles. The lowest BCUT2D eigenvalue weighted by Crippen LogP contribution is -2.30. The minimum Gasteiger partial charge on any atom is -0.427 e. The number of nitrogens with zero attached hydrogens (tertiary/aromatic N) is 5. The Balaban J connectivity index is 1.56. The van der Waals surface area contributed by atoms with Gasteiger partial charge in [0.1, 0.15) is 11.6 Å². The van der Waals surface area contributed by atoms with Crippen LogP contribution in [0.15, 0.2) is 60.9 Å². The molecule has 0 aliphatic rings. The van der Waals surface area contributed by atoms with Crippen LogP contribution in [0.3, 0.4) is 0 Å². The molecule has 0 aliphatic heterocycles. The van der Waals surface area contributed by atoms with Crippen molar-refractivity contribution in [1.82, 2.24) is 19.7 Å². The number of benzene rings is 2. The summed E-state index contributed by atoms with van der Waals surface area (Å²) >= 11 is -2.51. The summed E-state index contributed by atoms with van der Waals surface area (Å²) in [5.74, 6) is -0.318. The Labute approximate surface area is 202 Å². The fourth-order valence-electron chi connectivity index (χ4n) is 3.15. The second kappa shape index (κ2) is 9.77. The van der Waals surface area contributed by atoms with Crippen LogP contribution in [-0.4, -0.2) is 55.0 Å². The van der Waals surface area contributed by atoms with E-state index in [1.165, 1.54) is 19.1 Å². The third-order valence-electron chi connectivity index (χ3n) is 4.60. The van der Waals surface area contributed by atoms with Crippen molar-refractivity contribution in [2.24, 2.45) is 0 Å². The summed E-state index contributed by atoms with van der Waals surface area (Å²) in [7, 11) is -3.52. The number of hydrogen-bond acceptors (Lipinski definition) is 9. The highest BCUT2D eigenvalue weighted by atomic mass is 32.2. The molecule has 2 heterocycles. The third kappa shape index (κ3) is 5.98. The Morgan fingerprint density at radius 2 is 1.83 bits per heavy atom. The lowest BCUT2D eigenvalue weighted by Gasteiger charge is -2.19. The van der Waals surface area contributed by atoms with Gasteiger partial charge in [0.15, 0.2) is 15.5 Å². The minimum atomic E-state index is -3.52. The SMILES string of the molecule is CC(=O)Oc1ccc(-n2ncc3cnc(Nc4ccc(N(CS(C)(=O)=O)S(=O)O)cc4)nc32)cc1. The molecule has 0 aliphatic carbocycles. The molecule has 0 amide bonds. The smallest absolute Gasteiger partial charge is 0.308 e. The molecule has 1 unspecified atom stereocenters. The lowest BCUT2D eigenvalue weighted by atomic mass is 10.3. The monoisotopic (exact) mass is 516 g/mol. The second-order valence-electron chi connectivity index (χ2n) is 7.45. The minimum absolute atomic E-state index is 0.258. The molecule has 0 saturated heterocycles. The largest absolute Gasteiger partial charge is 0.427 e. The van der Waals surface area contributed by atoms with Gasteiger partial charge in [-0.15, -0.1) is 0 Å². The average Bonchev–Trinajstić information content (AvgIpc) is 3.21. The molecule has 0 spiro atoms. The van der Waals surface area contributed by atoms with E-state index in [0.717, 1.165) is 10.6 Å². The van der Waals surface area contributed by atoms with E-state index in [1.54, 1.807) is 53.5 Å². The first-order valence-electron chi connectivity index (χ1n) is 10.0. The van der Waals surface area contributed by atoms with Gasteiger partial charge in [-0.05, 0) is 48.5 Å². The predicted octanol–water partition coefficient (Wildman–Crippen LogP) is 2.43. The van der Waals surface area contributed by atoms with E-state index in [2.05, 4.69) is 20.4 Å². The number of nitrogens with one attached hydrogen (secondary N) is 1. The van der Waals surface area contributed by atoms with Crippen molar-refractivity contribution in [3.05, 3.63) is 60.9 Å². The van der Waals surface area contributed by atoms with Crippen molar-refractivity contribution in [3.8, 4) is 11.4 Å². The van der Waals surface area contributed by atoms with E-state index < -0.39 is 32.9 Å². The third-order valence-corrected chi connectivity index (χ3v) is 6.21. The summed E-state index contributed by atoms with van der Waals surface area (Å²) in [5, 5.41) is 8.10. The van der Waals surface area contributed by atoms with Crippen LogP contribution in [0.1, 0.15) is 6.92 Å². The summed E-state index contributed by atoms with van der Waals surface area (Å²) in [6.45, 7) is 1.33. The van der Waals surface area contributed by atoms with Crippen molar-refractivity contribution >= 4 is 55.4 Å². The summed E-state index contributed by atoms with van der Waals surface area (Å²) in [6.07, 6.45) is 4.22. The number of ether oxygens (including phenoxy) is 1. The number of rotatable bonds is 8. The van der Waals surface area contributed by atoms with Gasteiger partial charge >= 0.3 is 5.97 Å². The Bertz CT molecular complexity index is 1500. The van der Waals surface area contributed by atoms with Gasteiger partial charge in [-0.3, -0.25) is 13.7 Å². The van der Waals surface area contributed by atoms with Crippen molar-refractivity contribution in [2.45, 2.75) is 6.92 Å². The van der Waals surface area contributed by atoms with E-state index in [1.807, 2.05) is 0 Å². The molecule has 12 nitrogen and oxygen atoms in total. The molecule has 0 radical (unpaired) electrons. The van der Waals surface area contributed by atoms with Gasteiger partial charge in [-0.2, -0.15) is 10.1 Å². The van der Waals surface area contributed by atoms with Gasteiger partial charge in [0.05, 0.1) is 23.0 Å². The molecular weight excluding hydrogens is 496 g/mol. The van der Waals surface area contributed by atoms with E-state index in [9.17, 15) is 22.0 Å². The number of aromatic nitrogens is 4. The predicted molar refractivity (Wildman–Crippen MR) is 131 cm³/mol. The highest BCUT2D eigenvalue weighted by molar-refractivity contribution is 7.92. The zero-order valence-electron chi connectivity index (χ0n) is 18.5. The van der Waals surface area contributed by atoms with Gasteiger partial charge in [-0.1, -0.05) is 0 Å². The topological polar surface area (TPSA) is 157 Å². The zero-order chi connectivity index (χ0) is 25.2. The molecular formula is C21H20N6O6S2. The first-order chi connectivity index (χ1) is 16.6. The van der Waals surface area contributed by atoms with Crippen LogP contribution in [-0.2, 0) is 25.9 Å². The Morgan fingerprint density at radius 3 is 2.43 bits per heavy atom.